The normalized spacial score (nSPS) is 13.1. The van der Waals surface area contributed by atoms with Gasteiger partial charge in [-0.1, -0.05) is 0 Å². The molecule has 0 fully saturated rings. The Bertz CT molecular complexity index is 187. The van der Waals surface area contributed by atoms with Crippen molar-refractivity contribution in [3.63, 3.8) is 0 Å². The van der Waals surface area contributed by atoms with Crippen molar-refractivity contribution >= 4 is 29.9 Å². The molecule has 0 unspecified atom stereocenters. The topological polar surface area (TPSA) is 9.72 Å². The van der Waals surface area contributed by atoms with Crippen LogP contribution in [0.2, 0.25) is 0 Å². The summed E-state index contributed by atoms with van der Waals surface area (Å²) in [6, 6.07) is 0. The summed E-state index contributed by atoms with van der Waals surface area (Å²) in [4.78, 5) is 0. The number of halogens is 2. The summed E-state index contributed by atoms with van der Waals surface area (Å²) in [5, 5.41) is 0. The summed E-state index contributed by atoms with van der Waals surface area (Å²) in [5.74, 6) is 0.619. The second-order valence-electron chi connectivity index (χ2n) is 3.84. The van der Waals surface area contributed by atoms with E-state index >= 15 is 0 Å². The van der Waals surface area contributed by atoms with Crippen molar-refractivity contribution in [3.05, 3.63) is 0 Å². The van der Waals surface area contributed by atoms with Gasteiger partial charge in [0.25, 0.3) is 0 Å². The lowest BCUT2D eigenvalue weighted by Crippen LogP contribution is -2.41. The molecule has 0 saturated heterocycles. The second kappa shape index (κ2) is 8.90. The predicted molar refractivity (Wildman–Crippen MR) is 82.0 cm³/mol. The molecule has 0 amide bonds. The Labute approximate surface area is 117 Å². The fourth-order valence-electron chi connectivity index (χ4n) is 2.03. The Morgan fingerprint density at radius 1 is 0.882 bits per heavy atom. The number of rotatable bonds is 9. The average Bonchev–Trinajstić information content (AvgIpc) is 2.32. The van der Waals surface area contributed by atoms with E-state index in [1.165, 1.54) is 0 Å². The molecular formula is C11H27Cl2N3P+. The molecule has 0 rings (SSSR count). The largest absolute Gasteiger partial charge is 0.331 e. The van der Waals surface area contributed by atoms with E-state index < -0.39 is 7.07 Å². The molecule has 3 nitrogen and oxygen atoms in total. The number of nitrogens with zero attached hydrogens (tertiary/aromatic N) is 3. The molecule has 0 aliphatic rings. The van der Waals surface area contributed by atoms with Crippen molar-refractivity contribution in [2.24, 2.45) is 0 Å². The van der Waals surface area contributed by atoms with Gasteiger partial charge in [0.2, 0.25) is 0 Å². The molecule has 0 aliphatic heterocycles. The SMILES string of the molecule is CCN(CC)[P+](Cl)(N(C)CCCl)N(CC)CC. The zero-order valence-electron chi connectivity index (χ0n) is 11.8. The molecule has 0 aliphatic carbocycles. The molecule has 0 aromatic rings. The smallest absolute Gasteiger partial charge is 0.136 e. The molecule has 0 saturated carbocycles. The molecule has 6 heteroatoms. The van der Waals surface area contributed by atoms with Gasteiger partial charge in [0.15, 0.2) is 11.2 Å². The summed E-state index contributed by atoms with van der Waals surface area (Å²) in [5.41, 5.74) is 0. The molecule has 0 atom stereocenters. The average molecular weight is 303 g/mol. The third-order valence-electron chi connectivity index (χ3n) is 3.02. The lowest BCUT2D eigenvalue weighted by atomic mass is 10.7. The fourth-order valence-corrected chi connectivity index (χ4v) is 6.92. The Morgan fingerprint density at radius 2 is 1.24 bits per heavy atom. The van der Waals surface area contributed by atoms with E-state index in [0.717, 1.165) is 32.7 Å². The van der Waals surface area contributed by atoms with E-state index in [1.807, 2.05) is 0 Å². The molecule has 0 aromatic carbocycles. The lowest BCUT2D eigenvalue weighted by Gasteiger charge is -2.39. The van der Waals surface area contributed by atoms with Crippen molar-refractivity contribution in [1.82, 2.24) is 14.0 Å². The third-order valence-corrected chi connectivity index (χ3v) is 8.89. The zero-order valence-corrected chi connectivity index (χ0v) is 14.2. The van der Waals surface area contributed by atoms with Crippen LogP contribution in [0.5, 0.6) is 0 Å². The first-order valence-electron chi connectivity index (χ1n) is 6.39. The van der Waals surface area contributed by atoms with Gasteiger partial charge in [0.05, 0.1) is 6.54 Å². The predicted octanol–water partition coefficient (Wildman–Crippen LogP) is 3.76. The van der Waals surface area contributed by atoms with Gasteiger partial charge in [-0.25, -0.2) is 0 Å². The molecule has 0 heterocycles. The summed E-state index contributed by atoms with van der Waals surface area (Å²) >= 11 is 12.9. The van der Waals surface area contributed by atoms with Crippen molar-refractivity contribution < 1.29 is 0 Å². The quantitative estimate of drug-likeness (QED) is 0.474. The summed E-state index contributed by atoms with van der Waals surface area (Å²) in [6.07, 6.45) is 0. The van der Waals surface area contributed by atoms with Crippen LogP contribution in [0, 0.1) is 0 Å². The van der Waals surface area contributed by atoms with E-state index in [4.69, 9.17) is 22.8 Å². The van der Waals surface area contributed by atoms with Crippen LogP contribution in [-0.4, -0.2) is 59.7 Å². The van der Waals surface area contributed by atoms with Crippen LogP contribution in [0.3, 0.4) is 0 Å². The van der Waals surface area contributed by atoms with Crippen molar-refractivity contribution in [1.29, 1.82) is 0 Å². The fraction of sp³-hybridized carbons (Fsp3) is 1.00. The van der Waals surface area contributed by atoms with Gasteiger partial charge < -0.3 is 0 Å². The van der Waals surface area contributed by atoms with Gasteiger partial charge in [-0.2, -0.15) is 0 Å². The van der Waals surface area contributed by atoms with Crippen LogP contribution in [0.25, 0.3) is 0 Å². The molecular weight excluding hydrogens is 276 g/mol. The minimum absolute atomic E-state index is 0.619. The van der Waals surface area contributed by atoms with Crippen LogP contribution in [0.1, 0.15) is 27.7 Å². The second-order valence-corrected chi connectivity index (χ2v) is 8.39. The number of hydrogen-bond acceptors (Lipinski definition) is 3. The molecule has 0 bridgehead atoms. The highest BCUT2D eigenvalue weighted by molar-refractivity contribution is 7.93. The number of alkyl halides is 1. The zero-order chi connectivity index (χ0) is 13.5. The third kappa shape index (κ3) is 4.19. The van der Waals surface area contributed by atoms with E-state index in [2.05, 4.69) is 48.8 Å². The van der Waals surface area contributed by atoms with Crippen LogP contribution < -0.4 is 0 Å². The molecule has 17 heavy (non-hydrogen) atoms. The number of hydrogen-bond donors (Lipinski definition) is 0. The van der Waals surface area contributed by atoms with Crippen molar-refractivity contribution in [2.75, 3.05) is 45.7 Å². The Morgan fingerprint density at radius 3 is 1.47 bits per heavy atom. The summed E-state index contributed by atoms with van der Waals surface area (Å²) in [6.45, 7) is 13.4. The van der Waals surface area contributed by atoms with E-state index in [-0.39, 0.29) is 0 Å². The van der Waals surface area contributed by atoms with Gasteiger partial charge in [-0.05, 0) is 27.7 Å². The van der Waals surface area contributed by atoms with E-state index in [9.17, 15) is 0 Å². The van der Waals surface area contributed by atoms with Crippen LogP contribution in [-0.2, 0) is 0 Å². The highest BCUT2D eigenvalue weighted by Gasteiger charge is 2.52. The van der Waals surface area contributed by atoms with E-state index in [0.29, 0.717) is 5.88 Å². The van der Waals surface area contributed by atoms with Crippen LogP contribution >= 0.6 is 29.9 Å². The molecule has 0 N–H and O–H groups in total. The van der Waals surface area contributed by atoms with Crippen LogP contribution in [0.15, 0.2) is 0 Å². The minimum Gasteiger partial charge on any atom is -0.136 e. The maximum absolute atomic E-state index is 7.03. The monoisotopic (exact) mass is 302 g/mol. The summed E-state index contributed by atoms with van der Waals surface area (Å²) < 4.78 is 6.98. The Balaban J connectivity index is 5.15. The minimum atomic E-state index is -1.91. The molecule has 0 spiro atoms. The highest BCUT2D eigenvalue weighted by atomic mass is 35.7. The van der Waals surface area contributed by atoms with Crippen LogP contribution in [0.4, 0.5) is 0 Å². The Hall–Kier alpha value is 0.890. The first-order valence-corrected chi connectivity index (χ1v) is 9.48. The van der Waals surface area contributed by atoms with Gasteiger partial charge >= 0.3 is 7.07 Å². The van der Waals surface area contributed by atoms with Gasteiger partial charge in [-0.3, -0.25) is 0 Å². The lowest BCUT2D eigenvalue weighted by molar-refractivity contribution is 0.362. The molecule has 0 radical (unpaired) electrons. The molecule has 0 aromatic heterocycles. The molecule has 104 valence electrons. The maximum atomic E-state index is 7.03. The van der Waals surface area contributed by atoms with Crippen molar-refractivity contribution in [2.45, 2.75) is 27.7 Å². The maximum Gasteiger partial charge on any atom is 0.331 e. The first kappa shape index (κ1) is 17.9. The van der Waals surface area contributed by atoms with Gasteiger partial charge in [0.1, 0.15) is 0 Å². The first-order chi connectivity index (χ1) is 8.02. The summed E-state index contributed by atoms with van der Waals surface area (Å²) in [7, 11) is 0.174. The van der Waals surface area contributed by atoms with Crippen molar-refractivity contribution in [3.8, 4) is 0 Å². The Kier molecular flexibility index (Phi) is 9.37. The van der Waals surface area contributed by atoms with Gasteiger partial charge in [0, 0.05) is 39.1 Å². The van der Waals surface area contributed by atoms with E-state index in [1.54, 1.807) is 0 Å². The van der Waals surface area contributed by atoms with Gasteiger partial charge in [-0.15, -0.1) is 25.6 Å². The standard InChI is InChI=1S/C11H27Cl2N3P/c1-6-15(7-2)17(13,14(5)11-10-12)16(8-3)9-4/h6-11H2,1-5H3/q+1. The highest BCUT2D eigenvalue weighted by Crippen LogP contribution is 2.70.